The Labute approximate surface area is 157 Å². The van der Waals surface area contributed by atoms with Gasteiger partial charge in [0.15, 0.2) is 5.11 Å². The largest absolute Gasteiger partial charge is 0.455 e. The summed E-state index contributed by atoms with van der Waals surface area (Å²) in [6.45, 7) is 2.46. The molecule has 140 valence electrons. The van der Waals surface area contributed by atoms with E-state index in [1.807, 2.05) is 6.92 Å². The number of thiocarbonyl (C=S) groups is 1. The minimum absolute atomic E-state index is 0.0440. The van der Waals surface area contributed by atoms with Gasteiger partial charge in [0.05, 0.1) is 17.7 Å². The molecule has 1 atom stereocenters. The first-order chi connectivity index (χ1) is 12.3. The second kappa shape index (κ2) is 8.90. The van der Waals surface area contributed by atoms with Gasteiger partial charge in [0.1, 0.15) is 11.5 Å². The monoisotopic (exact) mass is 396 g/mol. The molecular weight excluding hydrogens is 376 g/mol. The number of hydrogen-bond acceptors (Lipinski definition) is 6. The summed E-state index contributed by atoms with van der Waals surface area (Å²) in [5.41, 5.74) is 3.41. The van der Waals surface area contributed by atoms with E-state index in [0.29, 0.717) is 23.2 Å². The van der Waals surface area contributed by atoms with Gasteiger partial charge in [-0.3, -0.25) is 5.43 Å². The number of ether oxygens (including phenoxy) is 1. The number of rotatable bonds is 7. The van der Waals surface area contributed by atoms with Gasteiger partial charge in [-0.05, 0) is 55.5 Å². The van der Waals surface area contributed by atoms with Crippen LogP contribution in [0.4, 0.5) is 0 Å². The lowest BCUT2D eigenvalue weighted by atomic mass is 10.2. The minimum atomic E-state index is -3.72. The Hall–Kier alpha value is -2.27. The summed E-state index contributed by atoms with van der Waals surface area (Å²) in [4.78, 5) is 0.0440. The molecule has 0 unspecified atom stereocenters. The van der Waals surface area contributed by atoms with E-state index >= 15 is 0 Å². The SMILES string of the molecule is COC[C@@H](C)NC(=S)N/N=C\c1ccc(-c2ccc(S(N)(=O)=O)cc2)o1. The van der Waals surface area contributed by atoms with Crippen LogP contribution in [0.2, 0.25) is 0 Å². The molecule has 0 saturated heterocycles. The molecule has 2 rings (SSSR count). The predicted molar refractivity (Wildman–Crippen MR) is 103 cm³/mol. The van der Waals surface area contributed by atoms with Crippen molar-refractivity contribution in [3.8, 4) is 11.3 Å². The molecule has 26 heavy (non-hydrogen) atoms. The Morgan fingerprint density at radius 3 is 2.65 bits per heavy atom. The number of hydrazone groups is 1. The summed E-state index contributed by atoms with van der Waals surface area (Å²) in [6.07, 6.45) is 1.48. The van der Waals surface area contributed by atoms with E-state index in [1.54, 1.807) is 31.4 Å². The number of methoxy groups -OCH3 is 1. The van der Waals surface area contributed by atoms with Crippen molar-refractivity contribution in [1.29, 1.82) is 0 Å². The molecule has 0 saturated carbocycles. The molecule has 0 aliphatic carbocycles. The smallest absolute Gasteiger partial charge is 0.238 e. The third-order valence-corrected chi connectivity index (χ3v) is 4.38. The molecule has 8 nitrogen and oxygen atoms in total. The third-order valence-electron chi connectivity index (χ3n) is 3.25. The van der Waals surface area contributed by atoms with Crippen molar-refractivity contribution in [3.63, 3.8) is 0 Å². The molecule has 0 fully saturated rings. The molecule has 0 amide bonds. The molecule has 2 aromatic rings. The maximum absolute atomic E-state index is 11.3. The van der Waals surface area contributed by atoms with Gasteiger partial charge < -0.3 is 14.5 Å². The van der Waals surface area contributed by atoms with Gasteiger partial charge in [0, 0.05) is 18.7 Å². The van der Waals surface area contributed by atoms with Crippen LogP contribution in [0.3, 0.4) is 0 Å². The van der Waals surface area contributed by atoms with E-state index in [1.165, 1.54) is 18.3 Å². The molecular formula is C16H20N4O4S2. The number of nitrogens with zero attached hydrogens (tertiary/aromatic N) is 1. The number of nitrogens with two attached hydrogens (primary N) is 1. The van der Waals surface area contributed by atoms with Crippen LogP contribution in [0, 0.1) is 0 Å². The van der Waals surface area contributed by atoms with E-state index in [-0.39, 0.29) is 10.9 Å². The summed E-state index contributed by atoms with van der Waals surface area (Å²) in [5.74, 6) is 1.08. The Balaban J connectivity index is 1.96. The molecule has 0 spiro atoms. The Morgan fingerprint density at radius 2 is 2.04 bits per heavy atom. The predicted octanol–water partition coefficient (Wildman–Crippen LogP) is 1.43. The maximum atomic E-state index is 11.3. The first kappa shape index (κ1) is 20.0. The summed E-state index contributed by atoms with van der Waals surface area (Å²) >= 11 is 5.10. The van der Waals surface area contributed by atoms with E-state index in [0.717, 1.165) is 5.56 Å². The second-order valence-electron chi connectivity index (χ2n) is 5.47. The van der Waals surface area contributed by atoms with Crippen LogP contribution in [-0.2, 0) is 14.8 Å². The molecule has 4 N–H and O–H groups in total. The molecule has 1 heterocycles. The normalized spacial score (nSPS) is 12.9. The molecule has 10 heteroatoms. The molecule has 1 aromatic heterocycles. The van der Waals surface area contributed by atoms with E-state index in [9.17, 15) is 8.42 Å². The number of hydrogen-bond donors (Lipinski definition) is 3. The fourth-order valence-electron chi connectivity index (χ4n) is 2.09. The highest BCUT2D eigenvalue weighted by Crippen LogP contribution is 2.22. The average Bonchev–Trinajstić information content (AvgIpc) is 3.03. The van der Waals surface area contributed by atoms with Gasteiger partial charge in [-0.25, -0.2) is 13.6 Å². The lowest BCUT2D eigenvalue weighted by Gasteiger charge is -2.13. The van der Waals surface area contributed by atoms with Gasteiger partial charge >= 0.3 is 0 Å². The van der Waals surface area contributed by atoms with Gasteiger partial charge in [0.25, 0.3) is 0 Å². The Kier molecular flexibility index (Phi) is 6.86. The summed E-state index contributed by atoms with van der Waals surface area (Å²) in [5, 5.41) is 12.5. The fourth-order valence-corrected chi connectivity index (χ4v) is 2.86. The van der Waals surface area contributed by atoms with Crippen LogP contribution in [0.15, 0.2) is 50.8 Å². The molecule has 1 aromatic carbocycles. The van der Waals surface area contributed by atoms with Crippen LogP contribution < -0.4 is 15.9 Å². The van der Waals surface area contributed by atoms with Gasteiger partial charge in [-0.15, -0.1) is 0 Å². The van der Waals surface area contributed by atoms with Gasteiger partial charge in [0.2, 0.25) is 10.0 Å². The summed E-state index contributed by atoms with van der Waals surface area (Å²) in [7, 11) is -2.10. The van der Waals surface area contributed by atoms with Crippen molar-refractivity contribution in [1.82, 2.24) is 10.7 Å². The second-order valence-corrected chi connectivity index (χ2v) is 7.44. The zero-order chi connectivity index (χ0) is 19.2. The average molecular weight is 396 g/mol. The number of sulfonamides is 1. The Morgan fingerprint density at radius 1 is 1.35 bits per heavy atom. The zero-order valence-electron chi connectivity index (χ0n) is 14.3. The topological polar surface area (TPSA) is 119 Å². The first-order valence-electron chi connectivity index (χ1n) is 7.61. The van der Waals surface area contributed by atoms with Crippen LogP contribution in [0.5, 0.6) is 0 Å². The Bertz CT molecular complexity index is 876. The van der Waals surface area contributed by atoms with Gasteiger partial charge in [-0.1, -0.05) is 0 Å². The highest BCUT2D eigenvalue weighted by Gasteiger charge is 2.09. The van der Waals surface area contributed by atoms with E-state index < -0.39 is 10.0 Å². The van der Waals surface area contributed by atoms with Crippen molar-refractivity contribution in [3.05, 3.63) is 42.2 Å². The molecule has 0 aliphatic heterocycles. The molecule has 0 radical (unpaired) electrons. The van der Waals surface area contributed by atoms with Crippen molar-refractivity contribution in [2.24, 2.45) is 10.2 Å². The first-order valence-corrected chi connectivity index (χ1v) is 9.56. The van der Waals surface area contributed by atoms with Crippen molar-refractivity contribution < 1.29 is 17.6 Å². The lowest BCUT2D eigenvalue weighted by Crippen LogP contribution is -2.40. The summed E-state index contributed by atoms with van der Waals surface area (Å²) in [6, 6.07) is 9.64. The highest BCUT2D eigenvalue weighted by atomic mass is 32.2. The van der Waals surface area contributed by atoms with Crippen molar-refractivity contribution >= 4 is 33.6 Å². The quantitative estimate of drug-likeness (QED) is 0.368. The minimum Gasteiger partial charge on any atom is -0.455 e. The van der Waals surface area contributed by atoms with E-state index in [2.05, 4.69) is 15.8 Å². The van der Waals surface area contributed by atoms with Crippen LogP contribution in [-0.4, -0.2) is 39.5 Å². The third kappa shape index (κ3) is 5.92. The van der Waals surface area contributed by atoms with Crippen LogP contribution >= 0.6 is 12.2 Å². The van der Waals surface area contributed by atoms with Crippen molar-refractivity contribution in [2.75, 3.05) is 13.7 Å². The van der Waals surface area contributed by atoms with Crippen LogP contribution in [0.25, 0.3) is 11.3 Å². The van der Waals surface area contributed by atoms with Crippen LogP contribution in [0.1, 0.15) is 12.7 Å². The highest BCUT2D eigenvalue weighted by molar-refractivity contribution is 7.89. The fraction of sp³-hybridized carbons (Fsp3) is 0.250. The lowest BCUT2D eigenvalue weighted by molar-refractivity contribution is 0.179. The molecule has 0 bridgehead atoms. The number of benzene rings is 1. The molecule has 0 aliphatic rings. The number of furan rings is 1. The van der Waals surface area contributed by atoms with Crippen molar-refractivity contribution in [2.45, 2.75) is 17.9 Å². The zero-order valence-corrected chi connectivity index (χ0v) is 15.9. The maximum Gasteiger partial charge on any atom is 0.238 e. The van der Waals surface area contributed by atoms with Gasteiger partial charge in [-0.2, -0.15) is 5.10 Å². The number of primary sulfonamides is 1. The summed E-state index contributed by atoms with van der Waals surface area (Å²) < 4.78 is 33.2. The standard InChI is InChI=1S/C16H20N4O4S2/c1-11(10-23-2)19-16(25)20-18-9-13-5-8-15(24-13)12-3-6-14(7-4-12)26(17,21)22/h3-9,11H,10H2,1-2H3,(H2,17,21,22)(H2,19,20,25)/b18-9-/t11-/m1/s1. The van der Waals surface area contributed by atoms with E-state index in [4.69, 9.17) is 26.5 Å². The number of nitrogens with one attached hydrogen (secondary N) is 2.